The van der Waals surface area contributed by atoms with Crippen LogP contribution >= 0.6 is 11.8 Å². The minimum absolute atomic E-state index is 0.0386. The summed E-state index contributed by atoms with van der Waals surface area (Å²) in [5, 5.41) is 2.85. The van der Waals surface area contributed by atoms with Gasteiger partial charge in [-0.2, -0.15) is 0 Å². The highest BCUT2D eigenvalue weighted by Crippen LogP contribution is 2.17. The van der Waals surface area contributed by atoms with Gasteiger partial charge in [0.2, 0.25) is 11.8 Å². The fraction of sp³-hybridized carbons (Fsp3) is 0.294. The standard InChI is InChI=1S/C17H20N2O2S/c1-13(22-12-14-6-4-3-5-7-14)17(20)19-11-15-8-9-18-16(10-15)21-2/h3-10,13H,11-12H2,1-2H3,(H,19,20)/t13-/m1/s1. The number of carbonyl (C=O) groups is 1. The van der Waals surface area contributed by atoms with Crippen LogP contribution in [-0.2, 0) is 17.1 Å². The van der Waals surface area contributed by atoms with Crippen molar-refractivity contribution in [1.82, 2.24) is 10.3 Å². The summed E-state index contributed by atoms with van der Waals surface area (Å²) >= 11 is 1.63. The zero-order valence-corrected chi connectivity index (χ0v) is 13.6. The van der Waals surface area contributed by atoms with E-state index in [1.54, 1.807) is 25.1 Å². The minimum Gasteiger partial charge on any atom is -0.481 e. The second kappa shape index (κ2) is 8.44. The molecule has 0 aliphatic heterocycles. The van der Waals surface area contributed by atoms with Crippen LogP contribution in [0.1, 0.15) is 18.1 Å². The molecule has 5 heteroatoms. The molecule has 1 atom stereocenters. The molecular formula is C17H20N2O2S. The van der Waals surface area contributed by atoms with Crippen LogP contribution in [0.4, 0.5) is 0 Å². The van der Waals surface area contributed by atoms with E-state index in [2.05, 4.69) is 22.4 Å². The summed E-state index contributed by atoms with van der Waals surface area (Å²) in [6.07, 6.45) is 1.67. The summed E-state index contributed by atoms with van der Waals surface area (Å²) in [5.41, 5.74) is 2.20. The van der Waals surface area contributed by atoms with Crippen molar-refractivity contribution in [2.45, 2.75) is 24.5 Å². The number of benzene rings is 1. The van der Waals surface area contributed by atoms with Gasteiger partial charge in [0.1, 0.15) is 0 Å². The maximum atomic E-state index is 12.1. The van der Waals surface area contributed by atoms with Crippen LogP contribution in [0.15, 0.2) is 48.7 Å². The number of hydrogen-bond acceptors (Lipinski definition) is 4. The van der Waals surface area contributed by atoms with Gasteiger partial charge in [-0.3, -0.25) is 4.79 Å². The fourth-order valence-electron chi connectivity index (χ4n) is 1.88. The molecule has 22 heavy (non-hydrogen) atoms. The van der Waals surface area contributed by atoms with Gasteiger partial charge in [0, 0.05) is 24.6 Å². The Balaban J connectivity index is 1.78. The number of aromatic nitrogens is 1. The third-order valence-corrected chi connectivity index (χ3v) is 4.40. The predicted octanol–water partition coefficient (Wildman–Crippen LogP) is 3.03. The molecule has 2 rings (SSSR count). The third-order valence-electron chi connectivity index (χ3n) is 3.19. The first-order chi connectivity index (χ1) is 10.7. The molecule has 0 unspecified atom stereocenters. The van der Waals surface area contributed by atoms with Crippen molar-refractivity contribution in [2.75, 3.05) is 7.11 Å². The lowest BCUT2D eigenvalue weighted by Crippen LogP contribution is -2.30. The molecular weight excluding hydrogens is 296 g/mol. The fourth-order valence-corrected chi connectivity index (χ4v) is 2.75. The van der Waals surface area contributed by atoms with E-state index >= 15 is 0 Å². The first kappa shape index (κ1) is 16.4. The lowest BCUT2D eigenvalue weighted by Gasteiger charge is -2.12. The molecule has 0 fully saturated rings. The molecule has 0 aliphatic rings. The molecule has 0 saturated carbocycles. The topological polar surface area (TPSA) is 51.2 Å². The lowest BCUT2D eigenvalue weighted by molar-refractivity contribution is -0.120. The highest BCUT2D eigenvalue weighted by atomic mass is 32.2. The van der Waals surface area contributed by atoms with Gasteiger partial charge in [0.15, 0.2) is 0 Å². The van der Waals surface area contributed by atoms with E-state index in [0.29, 0.717) is 12.4 Å². The molecule has 0 saturated heterocycles. The number of pyridine rings is 1. The van der Waals surface area contributed by atoms with Gasteiger partial charge in [-0.05, 0) is 24.1 Å². The van der Waals surface area contributed by atoms with Crippen molar-refractivity contribution >= 4 is 17.7 Å². The summed E-state index contributed by atoms with van der Waals surface area (Å²) in [5.74, 6) is 1.42. The summed E-state index contributed by atoms with van der Waals surface area (Å²) in [7, 11) is 1.58. The first-order valence-electron chi connectivity index (χ1n) is 7.11. The molecule has 0 bridgehead atoms. The first-order valence-corrected chi connectivity index (χ1v) is 8.16. The van der Waals surface area contributed by atoms with E-state index in [-0.39, 0.29) is 11.2 Å². The van der Waals surface area contributed by atoms with Gasteiger partial charge in [-0.1, -0.05) is 30.3 Å². The quantitative estimate of drug-likeness (QED) is 0.853. The number of nitrogens with one attached hydrogen (secondary N) is 1. The monoisotopic (exact) mass is 316 g/mol. The van der Waals surface area contributed by atoms with Gasteiger partial charge in [-0.25, -0.2) is 4.98 Å². The van der Waals surface area contributed by atoms with Crippen LogP contribution in [0, 0.1) is 0 Å². The number of nitrogens with zero attached hydrogens (tertiary/aromatic N) is 1. The van der Waals surface area contributed by atoms with Crippen LogP contribution in [0.3, 0.4) is 0 Å². The maximum absolute atomic E-state index is 12.1. The Morgan fingerprint density at radius 2 is 2.05 bits per heavy atom. The minimum atomic E-state index is -0.0936. The number of carbonyl (C=O) groups excluding carboxylic acids is 1. The molecule has 0 spiro atoms. The van der Waals surface area contributed by atoms with Crippen molar-refractivity contribution in [2.24, 2.45) is 0 Å². The second-order valence-corrected chi connectivity index (χ2v) is 6.19. The second-order valence-electron chi connectivity index (χ2n) is 4.86. The molecule has 1 heterocycles. The third kappa shape index (κ3) is 5.07. The Labute approximate surface area is 135 Å². The van der Waals surface area contributed by atoms with Gasteiger partial charge < -0.3 is 10.1 Å². The summed E-state index contributed by atoms with van der Waals surface area (Å²) in [6, 6.07) is 13.8. The average molecular weight is 316 g/mol. The number of ether oxygens (including phenoxy) is 1. The summed E-state index contributed by atoms with van der Waals surface area (Å²) in [6.45, 7) is 2.41. The maximum Gasteiger partial charge on any atom is 0.233 e. The Kier molecular flexibility index (Phi) is 6.27. The highest BCUT2D eigenvalue weighted by Gasteiger charge is 2.13. The Hall–Kier alpha value is -2.01. The summed E-state index contributed by atoms with van der Waals surface area (Å²) < 4.78 is 5.07. The van der Waals surface area contributed by atoms with E-state index < -0.39 is 0 Å². The molecule has 2 aromatic rings. The number of amides is 1. The van der Waals surface area contributed by atoms with Crippen molar-refractivity contribution in [1.29, 1.82) is 0 Å². The molecule has 1 aromatic heterocycles. The number of rotatable bonds is 7. The molecule has 1 amide bonds. The van der Waals surface area contributed by atoms with E-state index in [1.165, 1.54) is 5.56 Å². The molecule has 116 valence electrons. The van der Waals surface area contributed by atoms with E-state index in [4.69, 9.17) is 4.74 Å². The van der Waals surface area contributed by atoms with Crippen molar-refractivity contribution < 1.29 is 9.53 Å². The average Bonchev–Trinajstić information content (AvgIpc) is 2.58. The van der Waals surface area contributed by atoms with Gasteiger partial charge in [-0.15, -0.1) is 11.8 Å². The summed E-state index contributed by atoms with van der Waals surface area (Å²) in [4.78, 5) is 16.2. The smallest absolute Gasteiger partial charge is 0.233 e. The van der Waals surface area contributed by atoms with Crippen molar-refractivity contribution in [3.05, 3.63) is 59.8 Å². The van der Waals surface area contributed by atoms with Crippen molar-refractivity contribution in [3.8, 4) is 5.88 Å². The highest BCUT2D eigenvalue weighted by molar-refractivity contribution is 7.99. The largest absolute Gasteiger partial charge is 0.481 e. The van der Waals surface area contributed by atoms with E-state index in [9.17, 15) is 4.79 Å². The van der Waals surface area contributed by atoms with E-state index in [0.717, 1.165) is 11.3 Å². The zero-order valence-electron chi connectivity index (χ0n) is 12.8. The van der Waals surface area contributed by atoms with Crippen LogP contribution in [0.25, 0.3) is 0 Å². The van der Waals surface area contributed by atoms with Gasteiger partial charge in [0.25, 0.3) is 0 Å². The van der Waals surface area contributed by atoms with E-state index in [1.807, 2.05) is 37.3 Å². The number of thioether (sulfide) groups is 1. The number of hydrogen-bond donors (Lipinski definition) is 1. The molecule has 0 aliphatic carbocycles. The van der Waals surface area contributed by atoms with Crippen LogP contribution in [-0.4, -0.2) is 23.3 Å². The SMILES string of the molecule is COc1cc(CNC(=O)[C@@H](C)SCc2ccccc2)ccn1. The Bertz CT molecular complexity index is 605. The van der Waals surface area contributed by atoms with Crippen LogP contribution in [0.5, 0.6) is 5.88 Å². The lowest BCUT2D eigenvalue weighted by atomic mass is 10.2. The van der Waals surface area contributed by atoms with Gasteiger partial charge in [0.05, 0.1) is 12.4 Å². The molecule has 4 nitrogen and oxygen atoms in total. The molecule has 1 aromatic carbocycles. The zero-order chi connectivity index (χ0) is 15.8. The predicted molar refractivity (Wildman–Crippen MR) is 89.8 cm³/mol. The van der Waals surface area contributed by atoms with Crippen LogP contribution in [0.2, 0.25) is 0 Å². The molecule has 1 N–H and O–H groups in total. The van der Waals surface area contributed by atoms with Gasteiger partial charge >= 0.3 is 0 Å². The Morgan fingerprint density at radius 1 is 1.27 bits per heavy atom. The van der Waals surface area contributed by atoms with Crippen LogP contribution < -0.4 is 10.1 Å². The molecule has 0 radical (unpaired) electrons. The number of methoxy groups -OCH3 is 1. The Morgan fingerprint density at radius 3 is 2.77 bits per heavy atom. The van der Waals surface area contributed by atoms with Crippen molar-refractivity contribution in [3.63, 3.8) is 0 Å². The normalized spacial score (nSPS) is 11.7.